The fourth-order valence-corrected chi connectivity index (χ4v) is 4.26. The van der Waals surface area contributed by atoms with E-state index in [4.69, 9.17) is 9.47 Å². The van der Waals surface area contributed by atoms with E-state index < -0.39 is 0 Å². The minimum atomic E-state index is -0.387. The van der Waals surface area contributed by atoms with E-state index in [1.807, 2.05) is 48.5 Å². The molecule has 0 aliphatic heterocycles. The number of benzene rings is 2. The molecule has 0 saturated carbocycles. The van der Waals surface area contributed by atoms with Crippen LogP contribution in [0.3, 0.4) is 0 Å². The summed E-state index contributed by atoms with van der Waals surface area (Å²) in [6.07, 6.45) is 2.93. The maximum atomic E-state index is 12.1. The molecule has 0 fully saturated rings. The monoisotopic (exact) mass is 477 g/mol. The predicted octanol–water partition coefficient (Wildman–Crippen LogP) is 6.69. The van der Waals surface area contributed by atoms with E-state index in [0.717, 1.165) is 46.3 Å². The van der Waals surface area contributed by atoms with Crippen molar-refractivity contribution in [3.8, 4) is 5.75 Å². The summed E-state index contributed by atoms with van der Waals surface area (Å²) >= 11 is 3.59. The van der Waals surface area contributed by atoms with Crippen molar-refractivity contribution >= 4 is 33.0 Å². The zero-order valence-electron chi connectivity index (χ0n) is 17.4. The molecule has 2 aromatic carbocycles. The minimum absolute atomic E-state index is 0.334. The molecule has 0 radical (unpaired) electrons. The van der Waals surface area contributed by atoms with Crippen LogP contribution in [0.1, 0.15) is 53.5 Å². The quantitative estimate of drug-likeness (QED) is 0.355. The van der Waals surface area contributed by atoms with Gasteiger partial charge in [0, 0.05) is 15.6 Å². The third kappa shape index (κ3) is 4.88. The van der Waals surface area contributed by atoms with Crippen molar-refractivity contribution in [2.24, 2.45) is 0 Å². The summed E-state index contributed by atoms with van der Waals surface area (Å²) in [5.41, 5.74) is 5.77. The average Bonchev–Trinajstić information content (AvgIpc) is 3.29. The largest absolute Gasteiger partial charge is 0.488 e. The van der Waals surface area contributed by atoms with Gasteiger partial charge in [0.2, 0.25) is 0 Å². The highest BCUT2D eigenvalue weighted by molar-refractivity contribution is 9.10. The molecule has 158 valence electrons. The highest BCUT2D eigenvalue weighted by atomic mass is 79.9. The number of halogens is 1. The lowest BCUT2D eigenvalue weighted by atomic mass is 9.99. The molecule has 5 heteroatoms. The van der Waals surface area contributed by atoms with E-state index >= 15 is 0 Å². The Morgan fingerprint density at radius 2 is 1.74 bits per heavy atom. The van der Waals surface area contributed by atoms with Gasteiger partial charge >= 0.3 is 5.97 Å². The average molecular weight is 478 g/mol. The van der Waals surface area contributed by atoms with Gasteiger partial charge in [0.25, 0.3) is 0 Å². The molecule has 0 saturated heterocycles. The smallest absolute Gasteiger partial charge is 0.356 e. The van der Waals surface area contributed by atoms with Crippen molar-refractivity contribution in [2.75, 3.05) is 6.61 Å². The van der Waals surface area contributed by atoms with Gasteiger partial charge in [-0.25, -0.2) is 9.78 Å². The Bertz CT molecular complexity index is 1120. The first-order chi connectivity index (χ1) is 15.2. The predicted molar refractivity (Wildman–Crippen MR) is 126 cm³/mol. The van der Waals surface area contributed by atoms with E-state index in [2.05, 4.69) is 33.0 Å². The van der Waals surface area contributed by atoms with Gasteiger partial charge in [0.05, 0.1) is 12.3 Å². The highest BCUT2D eigenvalue weighted by Gasteiger charge is 2.22. The van der Waals surface area contributed by atoms with Crippen LogP contribution in [0.5, 0.6) is 5.75 Å². The number of carbonyl (C=O) groups excluding carboxylic acids is 1. The molecule has 0 atom stereocenters. The Balaban J connectivity index is 1.66. The number of hydrogen-bond acceptors (Lipinski definition) is 4. The molecule has 0 bridgehead atoms. The first-order valence-corrected chi connectivity index (χ1v) is 11.3. The van der Waals surface area contributed by atoms with Crippen molar-refractivity contribution in [2.45, 2.75) is 32.8 Å². The number of allylic oxidation sites excluding steroid dienone is 2. The van der Waals surface area contributed by atoms with E-state index in [0.29, 0.717) is 18.9 Å². The number of para-hydroxylation sites is 1. The van der Waals surface area contributed by atoms with Crippen molar-refractivity contribution < 1.29 is 14.3 Å². The minimum Gasteiger partial charge on any atom is -0.488 e. The number of carbonyl (C=O) groups is 1. The summed E-state index contributed by atoms with van der Waals surface area (Å²) in [5.74, 6) is 0.468. The van der Waals surface area contributed by atoms with Gasteiger partial charge in [0.1, 0.15) is 18.1 Å². The SMILES string of the molecule is CCOC(=O)c1cccc(C2=C(c3ccccc3OCc3ccccc3Br)CCC2)n1. The fourth-order valence-electron chi connectivity index (χ4n) is 3.86. The normalized spacial score (nSPS) is 13.4. The maximum Gasteiger partial charge on any atom is 0.356 e. The molecular weight excluding hydrogens is 454 g/mol. The first-order valence-electron chi connectivity index (χ1n) is 10.5. The van der Waals surface area contributed by atoms with Crippen LogP contribution in [0.2, 0.25) is 0 Å². The molecule has 3 aromatic rings. The Kier molecular flexibility index (Phi) is 6.82. The van der Waals surface area contributed by atoms with E-state index in [1.54, 1.807) is 13.0 Å². The summed E-state index contributed by atoms with van der Waals surface area (Å²) < 4.78 is 12.4. The van der Waals surface area contributed by atoms with Crippen LogP contribution in [0, 0.1) is 0 Å². The van der Waals surface area contributed by atoms with Crippen molar-refractivity contribution in [1.29, 1.82) is 0 Å². The molecule has 1 aliphatic carbocycles. The number of rotatable bonds is 7. The second-order valence-electron chi connectivity index (χ2n) is 7.32. The van der Waals surface area contributed by atoms with Gasteiger partial charge < -0.3 is 9.47 Å². The second kappa shape index (κ2) is 9.92. The summed E-state index contributed by atoms with van der Waals surface area (Å²) in [4.78, 5) is 16.7. The van der Waals surface area contributed by atoms with Gasteiger partial charge in [-0.05, 0) is 61.6 Å². The Hall–Kier alpha value is -2.92. The third-order valence-corrected chi connectivity index (χ3v) is 6.09. The lowest BCUT2D eigenvalue weighted by Crippen LogP contribution is -2.08. The van der Waals surface area contributed by atoms with Crippen LogP contribution < -0.4 is 4.74 Å². The van der Waals surface area contributed by atoms with Crippen molar-refractivity contribution in [3.05, 3.63) is 93.7 Å². The Morgan fingerprint density at radius 3 is 2.58 bits per heavy atom. The van der Waals surface area contributed by atoms with Gasteiger partial charge in [-0.15, -0.1) is 0 Å². The molecule has 0 amide bonds. The molecule has 1 aliphatic rings. The van der Waals surface area contributed by atoms with Gasteiger partial charge in [-0.2, -0.15) is 0 Å². The molecule has 0 N–H and O–H groups in total. The summed E-state index contributed by atoms with van der Waals surface area (Å²) in [6, 6.07) is 21.8. The van der Waals surface area contributed by atoms with Gasteiger partial charge in [-0.1, -0.05) is 58.4 Å². The number of esters is 1. The molecular formula is C26H24BrNO3. The van der Waals surface area contributed by atoms with Crippen LogP contribution in [0.4, 0.5) is 0 Å². The van der Waals surface area contributed by atoms with Crippen molar-refractivity contribution in [1.82, 2.24) is 4.98 Å². The van der Waals surface area contributed by atoms with Crippen LogP contribution in [-0.2, 0) is 11.3 Å². The van der Waals surface area contributed by atoms with Gasteiger partial charge in [-0.3, -0.25) is 0 Å². The van der Waals surface area contributed by atoms with Crippen LogP contribution in [0.25, 0.3) is 11.1 Å². The van der Waals surface area contributed by atoms with Crippen LogP contribution in [0.15, 0.2) is 71.2 Å². The molecule has 4 nitrogen and oxygen atoms in total. The Morgan fingerprint density at radius 1 is 0.968 bits per heavy atom. The molecule has 1 aromatic heterocycles. The maximum absolute atomic E-state index is 12.1. The highest BCUT2D eigenvalue weighted by Crippen LogP contribution is 2.42. The van der Waals surface area contributed by atoms with E-state index in [9.17, 15) is 4.79 Å². The lowest BCUT2D eigenvalue weighted by molar-refractivity contribution is 0.0519. The number of nitrogens with zero attached hydrogens (tertiary/aromatic N) is 1. The van der Waals surface area contributed by atoms with Crippen LogP contribution in [-0.4, -0.2) is 17.6 Å². The van der Waals surface area contributed by atoms with Gasteiger partial charge in [0.15, 0.2) is 0 Å². The number of aromatic nitrogens is 1. The lowest BCUT2D eigenvalue weighted by Gasteiger charge is -2.15. The standard InChI is InChI=1S/C26H24BrNO3/c1-2-30-26(29)24-15-8-14-23(28-24)20-12-7-11-19(20)21-10-4-6-16-25(21)31-17-18-9-3-5-13-22(18)27/h3-6,8-10,13-16H,2,7,11-12,17H2,1H3. The summed E-state index contributed by atoms with van der Waals surface area (Å²) in [7, 11) is 0. The zero-order chi connectivity index (χ0) is 21.6. The number of hydrogen-bond donors (Lipinski definition) is 0. The number of pyridine rings is 1. The fraction of sp³-hybridized carbons (Fsp3) is 0.231. The number of ether oxygens (including phenoxy) is 2. The molecule has 31 heavy (non-hydrogen) atoms. The third-order valence-electron chi connectivity index (χ3n) is 5.31. The topological polar surface area (TPSA) is 48.4 Å². The second-order valence-corrected chi connectivity index (χ2v) is 8.17. The van der Waals surface area contributed by atoms with E-state index in [-0.39, 0.29) is 5.97 Å². The zero-order valence-corrected chi connectivity index (χ0v) is 19.0. The Labute approximate surface area is 191 Å². The molecule has 1 heterocycles. The van der Waals surface area contributed by atoms with E-state index in [1.165, 1.54) is 11.1 Å². The van der Waals surface area contributed by atoms with Crippen molar-refractivity contribution in [3.63, 3.8) is 0 Å². The molecule has 4 rings (SSSR count). The summed E-state index contributed by atoms with van der Waals surface area (Å²) in [5, 5.41) is 0. The summed E-state index contributed by atoms with van der Waals surface area (Å²) in [6.45, 7) is 2.61. The molecule has 0 unspecified atom stereocenters. The molecule has 0 spiro atoms. The first kappa shape index (κ1) is 21.3. The van der Waals surface area contributed by atoms with Crippen LogP contribution >= 0.6 is 15.9 Å².